The summed E-state index contributed by atoms with van der Waals surface area (Å²) in [6.07, 6.45) is 0.345. The predicted octanol–water partition coefficient (Wildman–Crippen LogP) is 4.87. The molecule has 0 saturated carbocycles. The van der Waals surface area contributed by atoms with Crippen LogP contribution in [0.1, 0.15) is 17.0 Å². The molecule has 0 aliphatic heterocycles. The van der Waals surface area contributed by atoms with Gasteiger partial charge in [-0.2, -0.15) is 0 Å². The lowest BCUT2D eigenvalue weighted by Crippen LogP contribution is -2.29. The van der Waals surface area contributed by atoms with Gasteiger partial charge in [-0.25, -0.2) is 9.11 Å². The fraction of sp³-hybridized carbons (Fsp3) is 0.375. The molecule has 0 fully saturated rings. The van der Waals surface area contributed by atoms with Crippen LogP contribution >= 0.6 is 27.5 Å². The highest BCUT2D eigenvalue weighted by molar-refractivity contribution is 9.09. The molecule has 0 aliphatic rings. The summed E-state index contributed by atoms with van der Waals surface area (Å²) < 4.78 is 49.1. The molecule has 0 aliphatic carbocycles. The van der Waals surface area contributed by atoms with Gasteiger partial charge in [0.05, 0.1) is 9.85 Å². The molecular formula is C16H19BrClFNO5SSi-. The van der Waals surface area contributed by atoms with Gasteiger partial charge in [0.1, 0.15) is 5.82 Å². The van der Waals surface area contributed by atoms with Crippen LogP contribution in [-0.4, -0.2) is 28.7 Å². The van der Waals surface area contributed by atoms with Gasteiger partial charge in [0.25, 0.3) is 0 Å². The van der Waals surface area contributed by atoms with E-state index in [2.05, 4.69) is 20.7 Å². The number of furan rings is 1. The van der Waals surface area contributed by atoms with Gasteiger partial charge in [0.15, 0.2) is 17.3 Å². The van der Waals surface area contributed by atoms with Crippen molar-refractivity contribution in [2.45, 2.75) is 30.9 Å². The van der Waals surface area contributed by atoms with Gasteiger partial charge >= 0.3 is 0 Å². The summed E-state index contributed by atoms with van der Waals surface area (Å²) in [5.74, 6) is -0.349. The molecule has 0 bridgehead atoms. The van der Waals surface area contributed by atoms with Crippen LogP contribution in [0.25, 0.3) is 11.3 Å². The highest BCUT2D eigenvalue weighted by atomic mass is 79.9. The monoisotopic (exact) mass is 498 g/mol. The molecule has 0 spiro atoms. The van der Waals surface area contributed by atoms with E-state index in [4.69, 9.17) is 20.4 Å². The van der Waals surface area contributed by atoms with Crippen molar-refractivity contribution in [2.75, 3.05) is 6.54 Å². The van der Waals surface area contributed by atoms with E-state index >= 15 is 0 Å². The van der Waals surface area contributed by atoms with Crippen molar-refractivity contribution in [1.82, 2.24) is 4.72 Å². The maximum absolute atomic E-state index is 13.8. The molecule has 2 N–H and O–H groups in total. The van der Waals surface area contributed by atoms with Crippen LogP contribution in [0, 0.1) is 5.82 Å². The zero-order valence-electron chi connectivity index (χ0n) is 14.8. The van der Waals surface area contributed by atoms with Crippen molar-refractivity contribution < 1.29 is 27.1 Å². The second-order valence-electron chi connectivity index (χ2n) is 6.70. The average molecular weight is 500 g/mol. The van der Waals surface area contributed by atoms with Crippen molar-refractivity contribution in [3.05, 3.63) is 34.8 Å². The highest BCUT2D eigenvalue weighted by Crippen LogP contribution is 2.49. The van der Waals surface area contributed by atoms with E-state index in [1.54, 1.807) is 0 Å². The topological polar surface area (TPSA) is 94.8 Å². The van der Waals surface area contributed by atoms with Crippen molar-refractivity contribution in [2.24, 2.45) is 0 Å². The Morgan fingerprint density at radius 1 is 1.48 bits per heavy atom. The molecule has 2 rings (SSSR count). The van der Waals surface area contributed by atoms with Gasteiger partial charge in [-0.3, -0.25) is 4.21 Å². The zero-order valence-corrected chi connectivity index (χ0v) is 19.0. The largest absolute Gasteiger partial charge is 0.760 e. The second kappa shape index (κ2) is 9.06. The molecule has 0 radical (unpaired) electrons. The maximum Gasteiger partial charge on any atom is 0.242 e. The average Bonchev–Trinajstić information content (AvgIpc) is 2.85. The minimum Gasteiger partial charge on any atom is -0.760 e. The predicted molar refractivity (Wildman–Crippen MR) is 108 cm³/mol. The van der Waals surface area contributed by atoms with E-state index in [0.29, 0.717) is 17.7 Å². The Morgan fingerprint density at radius 3 is 2.70 bits per heavy atom. The minimum absolute atomic E-state index is 0.0429. The smallest absolute Gasteiger partial charge is 0.242 e. The first-order chi connectivity index (χ1) is 12.5. The number of aromatic hydroxyl groups is 1. The minimum atomic E-state index is -2.37. The van der Waals surface area contributed by atoms with E-state index in [1.165, 1.54) is 12.1 Å². The third-order valence-electron chi connectivity index (χ3n) is 3.36. The van der Waals surface area contributed by atoms with Gasteiger partial charge in [-0.05, 0) is 44.3 Å². The van der Waals surface area contributed by atoms with Gasteiger partial charge in [0, 0.05) is 23.4 Å². The summed E-state index contributed by atoms with van der Waals surface area (Å²) in [4.78, 5) is -0.434. The number of nitrogens with one attached hydrogen (secondary N) is 1. The van der Waals surface area contributed by atoms with Crippen LogP contribution in [0.4, 0.5) is 4.39 Å². The fourth-order valence-electron chi connectivity index (χ4n) is 2.27. The number of halogens is 3. The Kier molecular flexibility index (Phi) is 7.51. The Bertz CT molecular complexity index is 845. The standard InChI is InChI=1S/C16H20BrClFNO5SSi/c1-27(2,3)25-16-13(21)14(9-4-5-11(18)12(19)8-9)24-15(16)10(17)6-7-20-26(22)23/h4-5,8,10,20-21H,6-7H2,1-3H3,(H,22,23)/p-1. The van der Waals surface area contributed by atoms with Crippen LogP contribution in [0.3, 0.4) is 0 Å². The van der Waals surface area contributed by atoms with Crippen LogP contribution in [-0.2, 0) is 11.3 Å². The van der Waals surface area contributed by atoms with Crippen molar-refractivity contribution in [3.63, 3.8) is 0 Å². The Labute approximate surface area is 173 Å². The fourth-order valence-corrected chi connectivity index (χ4v) is 4.01. The number of rotatable bonds is 8. The lowest BCUT2D eigenvalue weighted by atomic mass is 10.1. The van der Waals surface area contributed by atoms with E-state index in [9.17, 15) is 18.3 Å². The van der Waals surface area contributed by atoms with E-state index < -0.39 is 30.2 Å². The van der Waals surface area contributed by atoms with Crippen molar-refractivity contribution in [1.29, 1.82) is 0 Å². The van der Waals surface area contributed by atoms with Crippen molar-refractivity contribution >= 4 is 47.1 Å². The zero-order chi connectivity index (χ0) is 20.4. The van der Waals surface area contributed by atoms with Gasteiger partial charge in [0.2, 0.25) is 14.1 Å². The summed E-state index contributed by atoms with van der Waals surface area (Å²) in [6, 6.07) is 4.05. The number of hydrogen-bond acceptors (Lipinski definition) is 5. The van der Waals surface area contributed by atoms with Crippen LogP contribution < -0.4 is 9.15 Å². The molecule has 1 aromatic heterocycles. The quantitative estimate of drug-likeness (QED) is 0.307. The van der Waals surface area contributed by atoms with Crippen LogP contribution in [0.2, 0.25) is 24.7 Å². The second-order valence-corrected chi connectivity index (χ2v) is 13.4. The summed E-state index contributed by atoms with van der Waals surface area (Å²) in [6.45, 7) is 5.98. The maximum atomic E-state index is 13.8. The molecule has 2 unspecified atom stereocenters. The van der Waals surface area contributed by atoms with Crippen LogP contribution in [0.5, 0.6) is 11.5 Å². The van der Waals surface area contributed by atoms with Gasteiger partial charge < -0.3 is 18.5 Å². The summed E-state index contributed by atoms with van der Waals surface area (Å²) in [5, 5.41) is 10.6. The Balaban J connectivity index is 2.44. The molecule has 27 heavy (non-hydrogen) atoms. The lowest BCUT2D eigenvalue weighted by molar-refractivity contribution is 0.438. The Morgan fingerprint density at radius 2 is 2.15 bits per heavy atom. The van der Waals surface area contributed by atoms with Crippen LogP contribution in [0.15, 0.2) is 22.6 Å². The van der Waals surface area contributed by atoms with Gasteiger partial charge in [-0.15, -0.1) is 0 Å². The van der Waals surface area contributed by atoms with Crippen molar-refractivity contribution in [3.8, 4) is 22.8 Å². The first-order valence-electron chi connectivity index (χ1n) is 7.96. The molecule has 0 amide bonds. The van der Waals surface area contributed by atoms with E-state index in [0.717, 1.165) is 6.07 Å². The molecule has 2 aromatic rings. The van der Waals surface area contributed by atoms with Gasteiger partial charge in [-0.1, -0.05) is 27.5 Å². The molecule has 1 aromatic carbocycles. The number of benzene rings is 1. The molecule has 1 heterocycles. The number of hydrogen-bond donors (Lipinski definition) is 2. The lowest BCUT2D eigenvalue weighted by Gasteiger charge is -2.20. The number of alkyl halides is 1. The molecule has 2 atom stereocenters. The summed E-state index contributed by atoms with van der Waals surface area (Å²) in [5.41, 5.74) is 0.305. The summed E-state index contributed by atoms with van der Waals surface area (Å²) in [7, 11) is -2.11. The molecule has 6 nitrogen and oxygen atoms in total. The summed E-state index contributed by atoms with van der Waals surface area (Å²) >= 11 is 6.77. The molecule has 0 saturated heterocycles. The molecular weight excluding hydrogens is 481 g/mol. The third kappa shape index (κ3) is 6.03. The normalized spacial score (nSPS) is 14.2. The highest BCUT2D eigenvalue weighted by Gasteiger charge is 2.30. The van der Waals surface area contributed by atoms with E-state index in [-0.39, 0.29) is 28.8 Å². The van der Waals surface area contributed by atoms with E-state index in [1.807, 2.05) is 19.6 Å². The third-order valence-corrected chi connectivity index (χ3v) is 5.79. The first-order valence-corrected chi connectivity index (χ1v) is 13.7. The SMILES string of the molecule is C[Si](C)(C)Oc1c(C(Br)CCNS(=O)[O-])oc(-c2ccc(Cl)c(F)c2)c1O. The molecule has 11 heteroatoms. The Hall–Kier alpha value is -0.913. The molecule has 150 valence electrons. The first kappa shape index (κ1) is 22.4.